The zero-order valence-corrected chi connectivity index (χ0v) is 10.7. The van der Waals surface area contributed by atoms with Gasteiger partial charge in [-0.25, -0.2) is 0 Å². The van der Waals surface area contributed by atoms with Gasteiger partial charge in [0.05, 0.1) is 26.6 Å². The zero-order chi connectivity index (χ0) is 13.3. The van der Waals surface area contributed by atoms with E-state index in [1.165, 1.54) is 0 Å². The Hall–Kier alpha value is -1.98. The predicted molar refractivity (Wildman–Crippen MR) is 47.5 cm³/mol. The molecule has 0 aliphatic heterocycles. The molecule has 0 aromatic heterocycles. The van der Waals surface area contributed by atoms with Crippen molar-refractivity contribution in [2.75, 3.05) is 0 Å². The van der Waals surface area contributed by atoms with Gasteiger partial charge < -0.3 is 10.2 Å². The fraction of sp³-hybridized carbons (Fsp3) is 0. The fourth-order valence-corrected chi connectivity index (χ4v) is 1.06. The topological polar surface area (TPSA) is 173 Å². The summed E-state index contributed by atoms with van der Waals surface area (Å²) in [7, 11) is 0. The van der Waals surface area contributed by atoms with Crippen LogP contribution in [0.25, 0.3) is 0 Å². The third-order valence-corrected chi connectivity index (χ3v) is 1.76. The van der Waals surface area contributed by atoms with Crippen LogP contribution in [0.15, 0.2) is 6.07 Å². The number of rotatable bonds is 3. The molecule has 11 nitrogen and oxygen atoms in total. The van der Waals surface area contributed by atoms with Gasteiger partial charge in [-0.05, 0) is 0 Å². The van der Waals surface area contributed by atoms with Gasteiger partial charge in [-0.15, -0.1) is 0 Å². The van der Waals surface area contributed by atoms with Gasteiger partial charge in [-0.2, -0.15) is 0 Å². The van der Waals surface area contributed by atoms with E-state index >= 15 is 0 Å². The standard InChI is InChI=1S/C6H3N3O8.Na/c10-5-2(7(12)13)1-3(8(14)15)6(11)4(5)9(16)17;/h1,10-11H;/q;+1/p-1. The maximum Gasteiger partial charge on any atom is 1.00 e. The van der Waals surface area contributed by atoms with E-state index in [1.54, 1.807) is 0 Å². The molecule has 0 aliphatic rings. The summed E-state index contributed by atoms with van der Waals surface area (Å²) in [6, 6.07) is 0.171. The fourth-order valence-electron chi connectivity index (χ4n) is 1.06. The van der Waals surface area contributed by atoms with E-state index in [0.717, 1.165) is 0 Å². The first-order valence-corrected chi connectivity index (χ1v) is 3.77. The number of nitro benzene ring substituents is 3. The maximum atomic E-state index is 11.2. The molecule has 0 radical (unpaired) electrons. The van der Waals surface area contributed by atoms with Crippen LogP contribution in [0.3, 0.4) is 0 Å². The van der Waals surface area contributed by atoms with Crippen molar-refractivity contribution in [1.29, 1.82) is 0 Å². The zero-order valence-electron chi connectivity index (χ0n) is 8.72. The number of phenols is 1. The second kappa shape index (κ2) is 5.57. The Balaban J connectivity index is 0.00000289. The van der Waals surface area contributed by atoms with Crippen LogP contribution in [0.4, 0.5) is 17.1 Å². The van der Waals surface area contributed by atoms with Crippen LogP contribution < -0.4 is 34.7 Å². The van der Waals surface area contributed by atoms with Crippen molar-refractivity contribution in [3.63, 3.8) is 0 Å². The molecule has 0 unspecified atom stereocenters. The number of benzene rings is 1. The largest absolute Gasteiger partial charge is 1.00 e. The predicted octanol–water partition coefficient (Wildman–Crippen LogP) is -2.81. The van der Waals surface area contributed by atoms with Crippen molar-refractivity contribution in [3.8, 4) is 11.5 Å². The molecule has 0 fully saturated rings. The van der Waals surface area contributed by atoms with E-state index in [4.69, 9.17) is 5.11 Å². The van der Waals surface area contributed by atoms with Gasteiger partial charge in [0.2, 0.25) is 0 Å². The Morgan fingerprint density at radius 1 is 0.944 bits per heavy atom. The first kappa shape index (κ1) is 16.0. The van der Waals surface area contributed by atoms with Crippen LogP contribution >= 0.6 is 0 Å². The van der Waals surface area contributed by atoms with E-state index in [1.807, 2.05) is 0 Å². The molecule has 0 heterocycles. The van der Waals surface area contributed by atoms with Gasteiger partial charge in [-0.3, -0.25) is 30.3 Å². The van der Waals surface area contributed by atoms with Crippen molar-refractivity contribution in [2.24, 2.45) is 0 Å². The molecular formula is C6H2N3NaO8. The number of nitrogens with zero attached hydrogens (tertiary/aromatic N) is 3. The summed E-state index contributed by atoms with van der Waals surface area (Å²) >= 11 is 0. The molecule has 0 saturated carbocycles. The summed E-state index contributed by atoms with van der Waals surface area (Å²) < 4.78 is 0. The maximum absolute atomic E-state index is 11.2. The van der Waals surface area contributed by atoms with Gasteiger partial charge in [-0.1, -0.05) is 0 Å². The second-order valence-electron chi connectivity index (χ2n) is 2.71. The Morgan fingerprint density at radius 2 is 1.39 bits per heavy atom. The summed E-state index contributed by atoms with van der Waals surface area (Å²) in [4.78, 5) is 27.1. The smallest absolute Gasteiger partial charge is 0.863 e. The normalized spacial score (nSPS) is 9.33. The number of hydrogen-bond acceptors (Lipinski definition) is 8. The molecule has 0 aliphatic carbocycles. The van der Waals surface area contributed by atoms with Crippen LogP contribution in [0.1, 0.15) is 0 Å². The van der Waals surface area contributed by atoms with E-state index in [2.05, 4.69) is 0 Å². The molecule has 0 spiro atoms. The van der Waals surface area contributed by atoms with Gasteiger partial charge >= 0.3 is 40.9 Å². The molecule has 90 valence electrons. The first-order valence-electron chi connectivity index (χ1n) is 3.77. The Bertz CT molecular complexity index is 506. The Labute approximate surface area is 119 Å². The van der Waals surface area contributed by atoms with Crippen LogP contribution in [-0.4, -0.2) is 19.9 Å². The van der Waals surface area contributed by atoms with Crippen LogP contribution in [-0.2, 0) is 0 Å². The van der Waals surface area contributed by atoms with Crippen LogP contribution in [0, 0.1) is 30.3 Å². The monoisotopic (exact) mass is 267 g/mol. The van der Waals surface area contributed by atoms with Gasteiger partial charge in [0.25, 0.3) is 11.4 Å². The van der Waals surface area contributed by atoms with E-state index in [0.29, 0.717) is 0 Å². The molecule has 1 N–H and O–H groups in total. The van der Waals surface area contributed by atoms with Crippen LogP contribution in [0.5, 0.6) is 11.5 Å². The van der Waals surface area contributed by atoms with Crippen molar-refractivity contribution in [1.82, 2.24) is 0 Å². The SMILES string of the molecule is O=[N+]([O-])c1cc([N+](=O)[O-])c(O)c([N+](=O)[O-])c1[O-].[Na+]. The minimum atomic E-state index is -1.69. The molecule has 1 rings (SSSR count). The van der Waals surface area contributed by atoms with Gasteiger partial charge in [0.1, 0.15) is 0 Å². The number of nitro groups is 3. The number of aromatic hydroxyl groups is 1. The van der Waals surface area contributed by atoms with Gasteiger partial charge in [0.15, 0.2) is 0 Å². The molecule has 0 saturated heterocycles. The average molecular weight is 267 g/mol. The minimum Gasteiger partial charge on any atom is -0.863 e. The number of phenolic OH excluding ortho intramolecular Hbond substituents is 1. The van der Waals surface area contributed by atoms with E-state index in [-0.39, 0.29) is 35.6 Å². The molecule has 1 aromatic rings. The second-order valence-corrected chi connectivity index (χ2v) is 2.71. The quantitative estimate of drug-likeness (QED) is 0.347. The van der Waals surface area contributed by atoms with Crippen molar-refractivity contribution < 1.29 is 54.5 Å². The summed E-state index contributed by atoms with van der Waals surface area (Å²) in [6.45, 7) is 0. The first-order chi connectivity index (χ1) is 7.77. The van der Waals surface area contributed by atoms with E-state index < -0.39 is 43.3 Å². The third-order valence-electron chi connectivity index (χ3n) is 1.76. The summed E-state index contributed by atoms with van der Waals surface area (Å²) in [5.74, 6) is -3.20. The molecule has 0 bridgehead atoms. The minimum absolute atomic E-state index is 0. The summed E-state index contributed by atoms with van der Waals surface area (Å²) in [5.41, 5.74) is -4.21. The van der Waals surface area contributed by atoms with Crippen molar-refractivity contribution in [2.45, 2.75) is 0 Å². The number of hydrogen-bond donors (Lipinski definition) is 1. The average Bonchev–Trinajstić information content (AvgIpc) is 2.15. The third kappa shape index (κ3) is 2.64. The Kier molecular flexibility index (Phi) is 4.96. The van der Waals surface area contributed by atoms with Gasteiger partial charge in [0, 0.05) is 0 Å². The summed E-state index contributed by atoms with van der Waals surface area (Å²) in [5, 5.41) is 51.4. The molecule has 18 heavy (non-hydrogen) atoms. The van der Waals surface area contributed by atoms with Crippen molar-refractivity contribution in [3.05, 3.63) is 36.4 Å². The molecule has 0 atom stereocenters. The van der Waals surface area contributed by atoms with Crippen molar-refractivity contribution >= 4 is 17.1 Å². The summed E-state index contributed by atoms with van der Waals surface area (Å²) in [6.07, 6.45) is 0. The van der Waals surface area contributed by atoms with Crippen LogP contribution in [0.2, 0.25) is 0 Å². The Morgan fingerprint density at radius 3 is 1.72 bits per heavy atom. The molecular weight excluding hydrogens is 265 g/mol. The van der Waals surface area contributed by atoms with E-state index in [9.17, 15) is 35.4 Å². The molecule has 0 amide bonds. The molecule has 1 aromatic carbocycles. The molecule has 12 heteroatoms.